The Bertz CT molecular complexity index is 164. The molecule has 1 saturated heterocycles. The molecule has 0 unspecified atom stereocenters. The fraction of sp³-hybridized carbons (Fsp3) is 0.875. The first-order chi connectivity index (χ1) is 5.59. The molecule has 1 rings (SSSR count). The second-order valence-electron chi connectivity index (χ2n) is 3.60. The zero-order valence-electron chi connectivity index (χ0n) is 7.66. The van der Waals surface area contributed by atoms with Crippen LogP contribution in [0.1, 0.15) is 0 Å². The minimum Gasteiger partial charge on any atom is -0.481 e. The number of hydrogen-bond acceptors (Lipinski definition) is 3. The summed E-state index contributed by atoms with van der Waals surface area (Å²) in [5, 5.41) is 8.59. The van der Waals surface area contributed by atoms with Gasteiger partial charge in [0.25, 0.3) is 0 Å². The first kappa shape index (κ1) is 9.48. The number of hydrogen-bond donors (Lipinski definition) is 1. The molecule has 1 aliphatic rings. The van der Waals surface area contributed by atoms with E-state index < -0.39 is 5.97 Å². The molecule has 0 amide bonds. The van der Waals surface area contributed by atoms with Gasteiger partial charge in [-0.2, -0.15) is 0 Å². The molecular weight excluding hydrogens is 156 g/mol. The minimum absolute atomic E-state index is 0.118. The Kier molecular flexibility index (Phi) is 3.05. The maximum atomic E-state index is 10.4. The molecule has 0 aromatic carbocycles. The van der Waals surface area contributed by atoms with E-state index in [0.29, 0.717) is 0 Å². The van der Waals surface area contributed by atoms with Gasteiger partial charge in [0, 0.05) is 26.2 Å². The van der Waals surface area contributed by atoms with Crippen LogP contribution in [0.2, 0.25) is 0 Å². The zero-order chi connectivity index (χ0) is 9.14. The van der Waals surface area contributed by atoms with Crippen LogP contribution < -0.4 is 0 Å². The fourth-order valence-corrected chi connectivity index (χ4v) is 1.25. The van der Waals surface area contributed by atoms with Gasteiger partial charge in [0.15, 0.2) is 0 Å². The predicted octanol–water partition coefficient (Wildman–Crippen LogP) is -0.436. The van der Waals surface area contributed by atoms with Gasteiger partial charge in [-0.1, -0.05) is 0 Å². The molecule has 1 N–H and O–H groups in total. The second-order valence-corrected chi connectivity index (χ2v) is 3.60. The molecule has 1 fully saturated rings. The number of aliphatic carboxylic acids is 1. The fourth-order valence-electron chi connectivity index (χ4n) is 1.25. The molecule has 0 atom stereocenters. The summed E-state index contributed by atoms with van der Waals surface area (Å²) in [5.41, 5.74) is 0. The molecule has 0 saturated carbocycles. The predicted molar refractivity (Wildman–Crippen MR) is 46.1 cm³/mol. The third-order valence-corrected chi connectivity index (χ3v) is 2.17. The lowest BCUT2D eigenvalue weighted by atomic mass is 10.0. The summed E-state index contributed by atoms with van der Waals surface area (Å²) in [6.45, 7) is 3.44. The molecule has 0 radical (unpaired) electrons. The van der Waals surface area contributed by atoms with Crippen molar-refractivity contribution in [3.8, 4) is 0 Å². The summed E-state index contributed by atoms with van der Waals surface area (Å²) in [4.78, 5) is 14.7. The minimum atomic E-state index is -0.656. The zero-order valence-corrected chi connectivity index (χ0v) is 7.66. The standard InChI is InChI=1S/C8H16N2O2/c1-9(2)3-4-10-5-7(6-10)8(11)12/h7H,3-6H2,1-2H3,(H,11,12). The first-order valence-electron chi connectivity index (χ1n) is 4.19. The van der Waals surface area contributed by atoms with Crippen molar-refractivity contribution in [3.63, 3.8) is 0 Å². The first-order valence-corrected chi connectivity index (χ1v) is 4.19. The van der Waals surface area contributed by atoms with Crippen LogP contribution in [0.25, 0.3) is 0 Å². The topological polar surface area (TPSA) is 43.8 Å². The number of carboxylic acid groups (broad SMARTS) is 1. The molecular formula is C8H16N2O2. The largest absolute Gasteiger partial charge is 0.481 e. The molecule has 70 valence electrons. The second kappa shape index (κ2) is 3.87. The highest BCUT2D eigenvalue weighted by Gasteiger charge is 2.31. The summed E-state index contributed by atoms with van der Waals surface area (Å²) in [6, 6.07) is 0. The van der Waals surface area contributed by atoms with Gasteiger partial charge < -0.3 is 14.9 Å². The molecule has 1 heterocycles. The number of rotatable bonds is 4. The van der Waals surface area contributed by atoms with E-state index in [1.54, 1.807) is 0 Å². The Morgan fingerprint density at radius 3 is 2.58 bits per heavy atom. The summed E-state index contributed by atoms with van der Waals surface area (Å²) < 4.78 is 0. The van der Waals surface area contributed by atoms with E-state index in [9.17, 15) is 4.79 Å². The van der Waals surface area contributed by atoms with Crippen molar-refractivity contribution in [3.05, 3.63) is 0 Å². The van der Waals surface area contributed by atoms with E-state index >= 15 is 0 Å². The monoisotopic (exact) mass is 172 g/mol. The lowest BCUT2D eigenvalue weighted by molar-refractivity contribution is -0.147. The lowest BCUT2D eigenvalue weighted by Crippen LogP contribution is -2.51. The van der Waals surface area contributed by atoms with Gasteiger partial charge in [-0.25, -0.2) is 0 Å². The average molecular weight is 172 g/mol. The summed E-state index contributed by atoms with van der Waals surface area (Å²) in [6.07, 6.45) is 0. The summed E-state index contributed by atoms with van der Waals surface area (Å²) >= 11 is 0. The highest BCUT2D eigenvalue weighted by Crippen LogP contribution is 2.14. The Balaban J connectivity index is 2.06. The molecule has 0 bridgehead atoms. The third-order valence-electron chi connectivity index (χ3n) is 2.17. The van der Waals surface area contributed by atoms with Crippen molar-refractivity contribution >= 4 is 5.97 Å². The van der Waals surface area contributed by atoms with Crippen molar-refractivity contribution in [2.45, 2.75) is 0 Å². The number of carboxylic acids is 1. The molecule has 4 nitrogen and oxygen atoms in total. The van der Waals surface area contributed by atoms with E-state index in [1.165, 1.54) is 0 Å². The number of likely N-dealkylation sites (N-methyl/N-ethyl adjacent to an activating group) is 1. The van der Waals surface area contributed by atoms with Crippen LogP contribution in [0.4, 0.5) is 0 Å². The van der Waals surface area contributed by atoms with Crippen LogP contribution in [-0.2, 0) is 4.79 Å². The van der Waals surface area contributed by atoms with Crippen LogP contribution in [0.3, 0.4) is 0 Å². The maximum absolute atomic E-state index is 10.4. The molecule has 4 heteroatoms. The van der Waals surface area contributed by atoms with Gasteiger partial charge in [0.05, 0.1) is 5.92 Å². The van der Waals surface area contributed by atoms with Crippen molar-refractivity contribution in [1.82, 2.24) is 9.80 Å². The van der Waals surface area contributed by atoms with Crippen molar-refractivity contribution in [2.75, 3.05) is 40.3 Å². The van der Waals surface area contributed by atoms with Gasteiger partial charge in [0.1, 0.15) is 0 Å². The highest BCUT2D eigenvalue weighted by atomic mass is 16.4. The van der Waals surface area contributed by atoms with Crippen LogP contribution in [0, 0.1) is 5.92 Å². The Hall–Kier alpha value is -0.610. The molecule has 0 aromatic rings. The normalized spacial score (nSPS) is 19.6. The quantitative estimate of drug-likeness (QED) is 0.624. The molecule has 12 heavy (non-hydrogen) atoms. The smallest absolute Gasteiger partial charge is 0.309 e. The Morgan fingerprint density at radius 1 is 1.58 bits per heavy atom. The molecule has 0 aliphatic carbocycles. The van der Waals surface area contributed by atoms with Crippen molar-refractivity contribution < 1.29 is 9.90 Å². The van der Waals surface area contributed by atoms with Crippen molar-refractivity contribution in [1.29, 1.82) is 0 Å². The van der Waals surface area contributed by atoms with Crippen LogP contribution >= 0.6 is 0 Å². The maximum Gasteiger partial charge on any atom is 0.309 e. The Labute approximate surface area is 72.8 Å². The van der Waals surface area contributed by atoms with E-state index in [-0.39, 0.29) is 5.92 Å². The lowest BCUT2D eigenvalue weighted by Gasteiger charge is -2.37. The van der Waals surface area contributed by atoms with Gasteiger partial charge in [-0.3, -0.25) is 4.79 Å². The van der Waals surface area contributed by atoms with Gasteiger partial charge in [0.2, 0.25) is 0 Å². The van der Waals surface area contributed by atoms with E-state index in [2.05, 4.69) is 9.80 Å². The molecule has 0 aromatic heterocycles. The van der Waals surface area contributed by atoms with Gasteiger partial charge >= 0.3 is 5.97 Å². The summed E-state index contributed by atoms with van der Waals surface area (Å²) in [7, 11) is 4.04. The average Bonchev–Trinajstić information content (AvgIpc) is 1.82. The molecule has 0 spiro atoms. The van der Waals surface area contributed by atoms with Crippen molar-refractivity contribution in [2.24, 2.45) is 5.92 Å². The van der Waals surface area contributed by atoms with Crippen LogP contribution in [-0.4, -0.2) is 61.2 Å². The van der Waals surface area contributed by atoms with Gasteiger partial charge in [-0.05, 0) is 14.1 Å². The SMILES string of the molecule is CN(C)CCN1CC(C(=O)O)C1. The summed E-state index contributed by atoms with van der Waals surface area (Å²) in [5.74, 6) is -0.775. The van der Waals surface area contributed by atoms with Crippen LogP contribution in [0.5, 0.6) is 0 Å². The van der Waals surface area contributed by atoms with E-state index in [4.69, 9.17) is 5.11 Å². The van der Waals surface area contributed by atoms with E-state index in [0.717, 1.165) is 26.2 Å². The van der Waals surface area contributed by atoms with Crippen LogP contribution in [0.15, 0.2) is 0 Å². The number of likely N-dealkylation sites (tertiary alicyclic amines) is 1. The third kappa shape index (κ3) is 2.46. The number of carbonyl (C=O) groups is 1. The Morgan fingerprint density at radius 2 is 2.17 bits per heavy atom. The number of nitrogens with zero attached hydrogens (tertiary/aromatic N) is 2. The highest BCUT2D eigenvalue weighted by molar-refractivity contribution is 5.71. The van der Waals surface area contributed by atoms with Gasteiger partial charge in [-0.15, -0.1) is 0 Å². The van der Waals surface area contributed by atoms with E-state index in [1.807, 2.05) is 14.1 Å². The molecule has 1 aliphatic heterocycles.